The van der Waals surface area contributed by atoms with Crippen molar-refractivity contribution in [2.75, 3.05) is 52.5 Å². The van der Waals surface area contributed by atoms with Crippen LogP contribution in [0.5, 0.6) is 5.75 Å². The van der Waals surface area contributed by atoms with E-state index < -0.39 is 0 Å². The van der Waals surface area contributed by atoms with Crippen molar-refractivity contribution in [3.05, 3.63) is 52.7 Å². The molecular weight excluding hydrogens is 535 g/mol. The van der Waals surface area contributed by atoms with Gasteiger partial charge >= 0.3 is 0 Å². The van der Waals surface area contributed by atoms with Gasteiger partial charge in [0.05, 0.1) is 25.8 Å². The lowest BCUT2D eigenvalue weighted by Gasteiger charge is -2.36. The SMILES string of the molecule is CCNC(=NCC(c1cccs1)N1CCOCC1)N1CCC(Oc2ccccc2)CC1.I. The van der Waals surface area contributed by atoms with Gasteiger partial charge in [0.2, 0.25) is 0 Å². The number of halogens is 1. The lowest BCUT2D eigenvalue weighted by Crippen LogP contribution is -2.48. The second kappa shape index (κ2) is 13.4. The maximum absolute atomic E-state index is 6.17. The van der Waals surface area contributed by atoms with Crippen LogP contribution in [0.15, 0.2) is 52.8 Å². The highest BCUT2D eigenvalue weighted by Gasteiger charge is 2.26. The molecule has 2 fully saturated rings. The monoisotopic (exact) mass is 570 g/mol. The Bertz CT molecular complexity index is 792. The van der Waals surface area contributed by atoms with Gasteiger partial charge in [0, 0.05) is 50.4 Å². The number of hydrogen-bond acceptors (Lipinski definition) is 5. The summed E-state index contributed by atoms with van der Waals surface area (Å²) in [5, 5.41) is 5.68. The molecule has 2 aliphatic heterocycles. The zero-order chi connectivity index (χ0) is 21.3. The van der Waals surface area contributed by atoms with E-state index in [4.69, 9.17) is 14.5 Å². The summed E-state index contributed by atoms with van der Waals surface area (Å²) >= 11 is 1.82. The van der Waals surface area contributed by atoms with Crippen molar-refractivity contribution in [2.24, 2.45) is 4.99 Å². The first-order valence-corrected chi connectivity index (χ1v) is 12.3. The number of guanidine groups is 1. The fourth-order valence-electron chi connectivity index (χ4n) is 4.23. The van der Waals surface area contributed by atoms with Crippen LogP contribution in [0.1, 0.15) is 30.7 Å². The molecule has 0 amide bonds. The van der Waals surface area contributed by atoms with E-state index in [1.807, 2.05) is 41.7 Å². The lowest BCUT2D eigenvalue weighted by atomic mass is 10.1. The number of benzene rings is 1. The lowest BCUT2D eigenvalue weighted by molar-refractivity contribution is 0.0186. The van der Waals surface area contributed by atoms with Crippen LogP contribution in [0.3, 0.4) is 0 Å². The average Bonchev–Trinajstić information content (AvgIpc) is 3.35. The number of ether oxygens (including phenoxy) is 2. The van der Waals surface area contributed by atoms with Gasteiger partial charge in [-0.1, -0.05) is 24.3 Å². The third kappa shape index (κ3) is 7.07. The first-order valence-electron chi connectivity index (χ1n) is 11.4. The molecule has 2 saturated heterocycles. The van der Waals surface area contributed by atoms with Crippen LogP contribution in [0, 0.1) is 0 Å². The van der Waals surface area contributed by atoms with Gasteiger partial charge < -0.3 is 19.7 Å². The minimum absolute atomic E-state index is 0. The molecule has 8 heteroatoms. The normalized spacial score (nSPS) is 19.3. The van der Waals surface area contributed by atoms with Crippen molar-refractivity contribution in [1.82, 2.24) is 15.1 Å². The van der Waals surface area contributed by atoms with Crippen LogP contribution in [-0.2, 0) is 4.74 Å². The highest BCUT2D eigenvalue weighted by atomic mass is 127. The second-order valence-electron chi connectivity index (χ2n) is 7.99. The van der Waals surface area contributed by atoms with Crippen LogP contribution in [0.2, 0.25) is 0 Å². The fraction of sp³-hybridized carbons (Fsp3) is 0.542. The molecule has 1 aromatic carbocycles. The Morgan fingerprint density at radius 2 is 1.88 bits per heavy atom. The Morgan fingerprint density at radius 1 is 1.12 bits per heavy atom. The fourth-order valence-corrected chi connectivity index (χ4v) is 5.08. The molecule has 0 saturated carbocycles. The maximum Gasteiger partial charge on any atom is 0.193 e. The van der Waals surface area contributed by atoms with Crippen molar-refractivity contribution in [3.8, 4) is 5.75 Å². The van der Waals surface area contributed by atoms with Gasteiger partial charge in [-0.25, -0.2) is 0 Å². The summed E-state index contributed by atoms with van der Waals surface area (Å²) in [6.45, 7) is 9.26. The van der Waals surface area contributed by atoms with Gasteiger partial charge in [-0.15, -0.1) is 35.3 Å². The summed E-state index contributed by atoms with van der Waals surface area (Å²) < 4.78 is 11.7. The number of thiophene rings is 1. The van der Waals surface area contributed by atoms with E-state index in [0.29, 0.717) is 6.04 Å². The summed E-state index contributed by atoms with van der Waals surface area (Å²) in [7, 11) is 0. The van der Waals surface area contributed by atoms with E-state index in [9.17, 15) is 0 Å². The van der Waals surface area contributed by atoms with Gasteiger partial charge in [0.25, 0.3) is 0 Å². The molecule has 1 aromatic heterocycles. The molecule has 3 heterocycles. The van der Waals surface area contributed by atoms with Crippen LogP contribution in [0.4, 0.5) is 0 Å². The Morgan fingerprint density at radius 3 is 2.53 bits per heavy atom. The molecule has 2 aromatic rings. The molecule has 1 unspecified atom stereocenters. The van der Waals surface area contributed by atoms with Gasteiger partial charge in [-0.3, -0.25) is 9.89 Å². The van der Waals surface area contributed by atoms with Crippen molar-refractivity contribution in [3.63, 3.8) is 0 Å². The molecule has 1 atom stereocenters. The van der Waals surface area contributed by atoms with Crippen molar-refractivity contribution < 1.29 is 9.47 Å². The summed E-state index contributed by atoms with van der Waals surface area (Å²) in [5.74, 6) is 1.99. The maximum atomic E-state index is 6.17. The number of aliphatic imine (C=N–C) groups is 1. The van der Waals surface area contributed by atoms with E-state index in [1.54, 1.807) is 0 Å². The van der Waals surface area contributed by atoms with E-state index in [2.05, 4.69) is 39.6 Å². The van der Waals surface area contributed by atoms with Crippen molar-refractivity contribution in [1.29, 1.82) is 0 Å². The topological polar surface area (TPSA) is 49.3 Å². The van der Waals surface area contributed by atoms with Gasteiger partial charge in [-0.2, -0.15) is 0 Å². The van der Waals surface area contributed by atoms with Gasteiger partial charge in [0.1, 0.15) is 11.9 Å². The summed E-state index contributed by atoms with van der Waals surface area (Å²) in [6.07, 6.45) is 2.29. The second-order valence-corrected chi connectivity index (χ2v) is 8.97. The third-order valence-corrected chi connectivity index (χ3v) is 6.87. The largest absolute Gasteiger partial charge is 0.490 e. The molecule has 32 heavy (non-hydrogen) atoms. The molecule has 1 N–H and O–H groups in total. The predicted molar refractivity (Wildman–Crippen MR) is 143 cm³/mol. The molecule has 4 rings (SSSR count). The number of nitrogens with zero attached hydrogens (tertiary/aromatic N) is 3. The van der Waals surface area contributed by atoms with E-state index in [-0.39, 0.29) is 30.1 Å². The van der Waals surface area contributed by atoms with Crippen LogP contribution >= 0.6 is 35.3 Å². The standard InChI is InChI=1S/C24H34N4O2S.HI/c1-2-25-24(28-12-10-21(11-13-28)30-20-7-4-3-5-8-20)26-19-22(23-9-6-18-31-23)27-14-16-29-17-15-27;/h3-9,18,21-22H,2,10-17,19H2,1H3,(H,25,26);1H. The van der Waals surface area contributed by atoms with Crippen LogP contribution in [-0.4, -0.2) is 74.3 Å². The number of para-hydroxylation sites is 1. The molecule has 0 aliphatic carbocycles. The minimum atomic E-state index is 0. The predicted octanol–water partition coefficient (Wildman–Crippen LogP) is 4.25. The van der Waals surface area contributed by atoms with E-state index in [0.717, 1.165) is 77.0 Å². The Hall–Kier alpha value is -1.36. The molecule has 2 aliphatic rings. The molecule has 0 spiro atoms. The Labute approximate surface area is 213 Å². The zero-order valence-electron chi connectivity index (χ0n) is 18.8. The number of morpholine rings is 1. The van der Waals surface area contributed by atoms with Crippen LogP contribution in [0.25, 0.3) is 0 Å². The summed E-state index contributed by atoms with van der Waals surface area (Å²) in [4.78, 5) is 11.4. The smallest absolute Gasteiger partial charge is 0.193 e. The molecule has 0 bridgehead atoms. The quantitative estimate of drug-likeness (QED) is 0.307. The number of rotatable bonds is 7. The Balaban J connectivity index is 0.00000289. The highest BCUT2D eigenvalue weighted by molar-refractivity contribution is 14.0. The van der Waals surface area contributed by atoms with Crippen LogP contribution < -0.4 is 10.1 Å². The van der Waals surface area contributed by atoms with E-state index in [1.165, 1.54) is 4.88 Å². The number of piperidine rings is 1. The first-order chi connectivity index (χ1) is 15.3. The number of nitrogens with one attached hydrogen (secondary N) is 1. The third-order valence-electron chi connectivity index (χ3n) is 5.89. The van der Waals surface area contributed by atoms with Gasteiger partial charge in [0.15, 0.2) is 5.96 Å². The molecule has 0 radical (unpaired) electrons. The summed E-state index contributed by atoms with van der Waals surface area (Å²) in [6, 6.07) is 14.8. The highest BCUT2D eigenvalue weighted by Crippen LogP contribution is 2.26. The number of likely N-dealkylation sites (tertiary alicyclic amines) is 1. The van der Waals surface area contributed by atoms with E-state index >= 15 is 0 Å². The first kappa shape index (κ1) is 25.3. The zero-order valence-corrected chi connectivity index (χ0v) is 22.0. The molecular formula is C24H35IN4O2S. The van der Waals surface area contributed by atoms with Crippen molar-refractivity contribution >= 4 is 41.3 Å². The molecule has 6 nitrogen and oxygen atoms in total. The Kier molecular flexibility index (Phi) is 10.6. The van der Waals surface area contributed by atoms with Crippen molar-refractivity contribution in [2.45, 2.75) is 31.9 Å². The summed E-state index contributed by atoms with van der Waals surface area (Å²) in [5.41, 5.74) is 0. The molecule has 176 valence electrons. The average molecular weight is 571 g/mol. The number of hydrogen-bond donors (Lipinski definition) is 1. The van der Waals surface area contributed by atoms with Gasteiger partial charge in [-0.05, 0) is 30.5 Å². The minimum Gasteiger partial charge on any atom is -0.490 e.